The van der Waals surface area contributed by atoms with Crippen molar-refractivity contribution < 1.29 is 14.3 Å². The zero-order valence-corrected chi connectivity index (χ0v) is 21.5. The minimum Gasteiger partial charge on any atom is -0.497 e. The third-order valence-electron chi connectivity index (χ3n) is 6.34. The number of nitrogens with one attached hydrogen (secondary N) is 1. The summed E-state index contributed by atoms with van der Waals surface area (Å²) in [5, 5.41) is 3.10. The Kier molecular flexibility index (Phi) is 8.26. The Balaban J connectivity index is 1.39. The molecule has 1 N–H and O–H groups in total. The number of ether oxygens (including phenoxy) is 2. The van der Waals surface area contributed by atoms with E-state index in [1.807, 2.05) is 49.4 Å². The van der Waals surface area contributed by atoms with E-state index in [4.69, 9.17) is 14.5 Å². The lowest BCUT2D eigenvalue weighted by molar-refractivity contribution is 0.0937. The fourth-order valence-electron chi connectivity index (χ4n) is 4.28. The number of para-hydroxylation sites is 2. The molecule has 0 saturated heterocycles. The van der Waals surface area contributed by atoms with Gasteiger partial charge >= 0.3 is 0 Å². The number of aromatic nitrogens is 2. The minimum atomic E-state index is -0.258. The summed E-state index contributed by atoms with van der Waals surface area (Å²) in [4.78, 5) is 17.7. The van der Waals surface area contributed by atoms with Crippen molar-refractivity contribution in [3.63, 3.8) is 0 Å². The fraction of sp³-hybridized carbons (Fsp3) is 0.333. The lowest BCUT2D eigenvalue weighted by Gasteiger charge is -2.17. The molecule has 1 unspecified atom stereocenters. The number of unbranched alkanes of at least 4 members (excludes halogenated alkanes) is 1. The molecule has 1 atom stereocenters. The Bertz CT molecular complexity index is 1290. The molecule has 0 aliphatic heterocycles. The average Bonchev–Trinajstić information content (AvgIpc) is 3.27. The number of carbonyl (C=O) groups excluding carboxylic acids is 1. The molecule has 1 aromatic heterocycles. The molecule has 0 aliphatic rings. The number of carbonyl (C=O) groups is 1. The summed E-state index contributed by atoms with van der Waals surface area (Å²) in [6.07, 6.45) is 1.86. The maximum atomic E-state index is 12.9. The lowest BCUT2D eigenvalue weighted by atomic mass is 10.0. The Morgan fingerprint density at radius 3 is 2.47 bits per heavy atom. The van der Waals surface area contributed by atoms with E-state index in [1.54, 1.807) is 19.2 Å². The molecule has 3 aromatic carbocycles. The van der Waals surface area contributed by atoms with Crippen molar-refractivity contribution in [1.29, 1.82) is 0 Å². The molecule has 0 fully saturated rings. The van der Waals surface area contributed by atoms with Gasteiger partial charge in [-0.15, -0.1) is 0 Å². The van der Waals surface area contributed by atoms with Gasteiger partial charge in [0, 0.05) is 12.1 Å². The molecule has 4 rings (SSSR count). The number of benzene rings is 3. The van der Waals surface area contributed by atoms with Gasteiger partial charge < -0.3 is 19.4 Å². The van der Waals surface area contributed by atoms with Crippen LogP contribution >= 0.6 is 0 Å². The van der Waals surface area contributed by atoms with Crippen LogP contribution in [0, 0.1) is 0 Å². The van der Waals surface area contributed by atoms with Crippen molar-refractivity contribution in [2.24, 2.45) is 0 Å². The van der Waals surface area contributed by atoms with Gasteiger partial charge in [-0.05, 0) is 73.7 Å². The highest BCUT2D eigenvalue weighted by Gasteiger charge is 2.19. The van der Waals surface area contributed by atoms with Crippen molar-refractivity contribution in [3.05, 3.63) is 89.7 Å². The predicted molar refractivity (Wildman–Crippen MR) is 144 cm³/mol. The molecular weight excluding hydrogens is 450 g/mol. The molecule has 1 amide bonds. The lowest BCUT2D eigenvalue weighted by Crippen LogP contribution is -2.28. The number of nitrogens with zero attached hydrogens (tertiary/aromatic N) is 2. The van der Waals surface area contributed by atoms with Gasteiger partial charge in [0.2, 0.25) is 0 Å². The van der Waals surface area contributed by atoms with Crippen molar-refractivity contribution >= 4 is 16.9 Å². The quantitative estimate of drug-likeness (QED) is 0.246. The molecule has 1 heterocycles. The van der Waals surface area contributed by atoms with Gasteiger partial charge in [0.1, 0.15) is 17.3 Å². The maximum absolute atomic E-state index is 12.9. The summed E-state index contributed by atoms with van der Waals surface area (Å²) in [5.41, 5.74) is 3.87. The zero-order chi connectivity index (χ0) is 25.5. The first-order valence-electron chi connectivity index (χ1n) is 12.6. The van der Waals surface area contributed by atoms with E-state index in [2.05, 4.69) is 41.9 Å². The van der Waals surface area contributed by atoms with E-state index >= 15 is 0 Å². The number of imidazole rings is 1. The molecule has 4 aromatic rings. The number of rotatable bonds is 11. The maximum Gasteiger partial charge on any atom is 0.251 e. The van der Waals surface area contributed by atoms with Crippen LogP contribution in [0.2, 0.25) is 0 Å². The van der Waals surface area contributed by atoms with Crippen LogP contribution in [0.15, 0.2) is 72.8 Å². The van der Waals surface area contributed by atoms with E-state index in [0.29, 0.717) is 23.8 Å². The van der Waals surface area contributed by atoms with Gasteiger partial charge in [-0.2, -0.15) is 0 Å². The Morgan fingerprint density at radius 1 is 0.944 bits per heavy atom. The number of hydrogen-bond acceptors (Lipinski definition) is 4. The first-order valence-corrected chi connectivity index (χ1v) is 12.6. The van der Waals surface area contributed by atoms with Crippen LogP contribution in [0.1, 0.15) is 67.3 Å². The predicted octanol–water partition coefficient (Wildman–Crippen LogP) is 6.52. The SMILES string of the molecule is COc1cccc(C(=O)NC(C)c2nc3ccccc3n2CCCCOc2ccc(C(C)C)cc2)c1. The summed E-state index contributed by atoms with van der Waals surface area (Å²) >= 11 is 0. The molecule has 0 bridgehead atoms. The number of hydrogen-bond donors (Lipinski definition) is 1. The van der Waals surface area contributed by atoms with Crippen LogP contribution in [0.25, 0.3) is 11.0 Å². The van der Waals surface area contributed by atoms with Crippen LogP contribution in [0.5, 0.6) is 11.5 Å². The summed E-state index contributed by atoms with van der Waals surface area (Å²) < 4.78 is 13.4. The second-order valence-corrected chi connectivity index (χ2v) is 9.32. The van der Waals surface area contributed by atoms with Gasteiger partial charge in [0.15, 0.2) is 0 Å². The number of amides is 1. The smallest absolute Gasteiger partial charge is 0.251 e. The molecule has 0 spiro atoms. The van der Waals surface area contributed by atoms with Crippen LogP contribution < -0.4 is 14.8 Å². The topological polar surface area (TPSA) is 65.4 Å². The Morgan fingerprint density at radius 2 is 1.72 bits per heavy atom. The van der Waals surface area contributed by atoms with Crippen molar-refractivity contribution in [1.82, 2.24) is 14.9 Å². The highest BCUT2D eigenvalue weighted by molar-refractivity contribution is 5.94. The van der Waals surface area contributed by atoms with E-state index in [1.165, 1.54) is 5.56 Å². The van der Waals surface area contributed by atoms with E-state index in [9.17, 15) is 4.79 Å². The number of aryl methyl sites for hydroxylation is 1. The first-order chi connectivity index (χ1) is 17.5. The molecule has 6 heteroatoms. The first kappa shape index (κ1) is 25.3. The summed E-state index contributed by atoms with van der Waals surface area (Å²) in [6, 6.07) is 23.3. The minimum absolute atomic E-state index is 0.156. The second kappa shape index (κ2) is 11.8. The van der Waals surface area contributed by atoms with Crippen molar-refractivity contribution in [3.8, 4) is 11.5 Å². The number of fused-ring (bicyclic) bond motifs is 1. The largest absolute Gasteiger partial charge is 0.497 e. The van der Waals surface area contributed by atoms with E-state index in [-0.39, 0.29) is 11.9 Å². The standard InChI is InChI=1S/C30H35N3O3/c1-21(2)23-14-16-25(17-15-23)36-19-8-7-18-33-28-13-6-5-12-27(28)32-29(33)22(3)31-30(34)24-10-9-11-26(20-24)35-4/h5-6,9-17,20-22H,7-8,18-19H2,1-4H3,(H,31,34). The summed E-state index contributed by atoms with van der Waals surface area (Å²) in [5.74, 6) is 2.76. The fourth-order valence-corrected chi connectivity index (χ4v) is 4.28. The molecule has 36 heavy (non-hydrogen) atoms. The normalized spacial score (nSPS) is 12.0. The Labute approximate surface area is 213 Å². The molecule has 188 valence electrons. The molecule has 0 radical (unpaired) electrons. The highest BCUT2D eigenvalue weighted by atomic mass is 16.5. The third kappa shape index (κ3) is 6.06. The highest BCUT2D eigenvalue weighted by Crippen LogP contribution is 2.23. The summed E-state index contributed by atoms with van der Waals surface area (Å²) in [6.45, 7) is 7.81. The van der Waals surface area contributed by atoms with Crippen LogP contribution in [-0.4, -0.2) is 29.2 Å². The third-order valence-corrected chi connectivity index (χ3v) is 6.34. The number of methoxy groups -OCH3 is 1. The van der Waals surface area contributed by atoms with Gasteiger partial charge in [-0.1, -0.05) is 44.2 Å². The molecular formula is C30H35N3O3. The van der Waals surface area contributed by atoms with Crippen LogP contribution in [0.4, 0.5) is 0 Å². The molecule has 6 nitrogen and oxygen atoms in total. The van der Waals surface area contributed by atoms with Crippen LogP contribution in [0.3, 0.4) is 0 Å². The van der Waals surface area contributed by atoms with Crippen LogP contribution in [-0.2, 0) is 6.54 Å². The van der Waals surface area contributed by atoms with Gasteiger partial charge in [-0.3, -0.25) is 4.79 Å². The van der Waals surface area contributed by atoms with E-state index < -0.39 is 0 Å². The zero-order valence-electron chi connectivity index (χ0n) is 21.5. The van der Waals surface area contributed by atoms with Gasteiger partial charge in [0.05, 0.1) is 30.8 Å². The van der Waals surface area contributed by atoms with Crippen molar-refractivity contribution in [2.45, 2.75) is 52.1 Å². The van der Waals surface area contributed by atoms with Gasteiger partial charge in [0.25, 0.3) is 5.91 Å². The average molecular weight is 486 g/mol. The summed E-state index contributed by atoms with van der Waals surface area (Å²) in [7, 11) is 1.59. The Hall–Kier alpha value is -3.80. The van der Waals surface area contributed by atoms with Gasteiger partial charge in [-0.25, -0.2) is 4.98 Å². The monoisotopic (exact) mass is 485 g/mol. The molecule has 0 aliphatic carbocycles. The van der Waals surface area contributed by atoms with Crippen molar-refractivity contribution in [2.75, 3.05) is 13.7 Å². The van der Waals surface area contributed by atoms with E-state index in [0.717, 1.165) is 42.0 Å². The molecule has 0 saturated carbocycles. The second-order valence-electron chi connectivity index (χ2n) is 9.32.